The van der Waals surface area contributed by atoms with E-state index in [9.17, 15) is 14.4 Å². The first-order valence-corrected chi connectivity index (χ1v) is 10.8. The highest BCUT2D eigenvalue weighted by Gasteiger charge is 2.38. The van der Waals surface area contributed by atoms with E-state index in [1.54, 1.807) is 4.90 Å². The van der Waals surface area contributed by atoms with Crippen LogP contribution in [0.4, 0.5) is 10.5 Å². The first kappa shape index (κ1) is 22.1. The molecule has 1 N–H and O–H groups in total. The normalized spacial score (nSPS) is 20.4. The summed E-state index contributed by atoms with van der Waals surface area (Å²) >= 11 is 0. The Hall–Kier alpha value is -2.57. The summed E-state index contributed by atoms with van der Waals surface area (Å²) in [7, 11) is 0. The fourth-order valence-corrected chi connectivity index (χ4v) is 4.01. The molecule has 1 aromatic rings. The Balaban J connectivity index is 1.50. The van der Waals surface area contributed by atoms with Gasteiger partial charge in [0.25, 0.3) is 0 Å². The van der Waals surface area contributed by atoms with Crippen molar-refractivity contribution in [2.75, 3.05) is 24.5 Å². The number of hydrogen-bond donors (Lipinski definition) is 1. The highest BCUT2D eigenvalue weighted by atomic mass is 16.6. The van der Waals surface area contributed by atoms with Crippen molar-refractivity contribution in [1.29, 1.82) is 0 Å². The number of alkyl carbamates (subject to hydrolysis) is 1. The lowest BCUT2D eigenvalue weighted by atomic mass is 10.0. The van der Waals surface area contributed by atoms with Crippen molar-refractivity contribution in [1.82, 2.24) is 10.2 Å². The molecule has 0 spiro atoms. The van der Waals surface area contributed by atoms with Gasteiger partial charge in [0.2, 0.25) is 11.8 Å². The summed E-state index contributed by atoms with van der Waals surface area (Å²) in [4.78, 5) is 41.0. The fourth-order valence-electron chi connectivity index (χ4n) is 4.01. The standard InChI is InChI=1S/C23H33N3O4/c1-5-16-6-8-19(9-7-16)26-15-17(14-20(26)27)21(28)25-12-10-18(11-13-25)24-22(29)30-23(2,3)4/h6-9,17-18H,5,10-15H2,1-4H3,(H,24,29)/t17-/m1/s1. The molecule has 164 valence electrons. The van der Waals surface area contributed by atoms with Crippen LogP contribution in [0.2, 0.25) is 0 Å². The molecule has 0 bridgehead atoms. The second kappa shape index (κ2) is 9.06. The molecule has 7 nitrogen and oxygen atoms in total. The summed E-state index contributed by atoms with van der Waals surface area (Å²) in [5.41, 5.74) is 1.55. The lowest BCUT2D eigenvalue weighted by Gasteiger charge is -2.34. The fraction of sp³-hybridized carbons (Fsp3) is 0.609. The largest absolute Gasteiger partial charge is 0.444 e. The zero-order chi connectivity index (χ0) is 21.9. The number of likely N-dealkylation sites (tertiary alicyclic amines) is 1. The van der Waals surface area contributed by atoms with Gasteiger partial charge in [-0.3, -0.25) is 9.59 Å². The average molecular weight is 416 g/mol. The number of ether oxygens (including phenoxy) is 1. The number of nitrogens with zero attached hydrogens (tertiary/aromatic N) is 2. The summed E-state index contributed by atoms with van der Waals surface area (Å²) in [6, 6.07) is 7.97. The van der Waals surface area contributed by atoms with E-state index < -0.39 is 11.7 Å². The highest BCUT2D eigenvalue weighted by molar-refractivity contribution is 6.00. The zero-order valence-corrected chi connectivity index (χ0v) is 18.4. The quantitative estimate of drug-likeness (QED) is 0.820. The van der Waals surface area contributed by atoms with E-state index in [4.69, 9.17) is 4.74 Å². The molecule has 0 aromatic heterocycles. The van der Waals surface area contributed by atoms with Crippen LogP contribution in [0.1, 0.15) is 52.5 Å². The maximum absolute atomic E-state index is 13.0. The lowest BCUT2D eigenvalue weighted by Crippen LogP contribution is -2.49. The minimum absolute atomic E-state index is 0.000855. The Morgan fingerprint density at radius 1 is 1.13 bits per heavy atom. The van der Waals surface area contributed by atoms with Crippen molar-refractivity contribution in [3.63, 3.8) is 0 Å². The molecule has 30 heavy (non-hydrogen) atoms. The number of anilines is 1. The van der Waals surface area contributed by atoms with Gasteiger partial charge in [-0.25, -0.2) is 4.79 Å². The minimum Gasteiger partial charge on any atom is -0.444 e. The Labute approximate surface area is 178 Å². The van der Waals surface area contributed by atoms with Crippen LogP contribution in [-0.4, -0.2) is 54.1 Å². The number of piperidine rings is 1. The van der Waals surface area contributed by atoms with Gasteiger partial charge in [0, 0.05) is 37.8 Å². The number of rotatable bonds is 4. The second-order valence-electron chi connectivity index (χ2n) is 9.17. The maximum atomic E-state index is 13.0. The van der Waals surface area contributed by atoms with E-state index in [0.29, 0.717) is 32.5 Å². The molecule has 7 heteroatoms. The zero-order valence-electron chi connectivity index (χ0n) is 18.4. The lowest BCUT2D eigenvalue weighted by molar-refractivity contribution is -0.136. The van der Waals surface area contributed by atoms with Crippen LogP contribution in [0.5, 0.6) is 0 Å². The molecule has 2 fully saturated rings. The van der Waals surface area contributed by atoms with E-state index in [2.05, 4.69) is 12.2 Å². The summed E-state index contributed by atoms with van der Waals surface area (Å²) < 4.78 is 5.30. The average Bonchev–Trinajstić information content (AvgIpc) is 3.08. The van der Waals surface area contributed by atoms with Crippen LogP contribution >= 0.6 is 0 Å². The number of aryl methyl sites for hydroxylation is 1. The number of hydrogen-bond acceptors (Lipinski definition) is 4. The molecule has 1 atom stereocenters. The van der Waals surface area contributed by atoms with Crippen molar-refractivity contribution < 1.29 is 19.1 Å². The molecule has 3 amide bonds. The number of nitrogens with one attached hydrogen (secondary N) is 1. The second-order valence-corrected chi connectivity index (χ2v) is 9.17. The Morgan fingerprint density at radius 3 is 2.33 bits per heavy atom. The predicted octanol–water partition coefficient (Wildman–Crippen LogP) is 3.12. The topological polar surface area (TPSA) is 79.0 Å². The van der Waals surface area contributed by atoms with Gasteiger partial charge in [0.15, 0.2) is 0 Å². The van der Waals surface area contributed by atoms with E-state index in [1.807, 2.05) is 49.9 Å². The molecule has 2 aliphatic rings. The number of carbonyl (C=O) groups excluding carboxylic acids is 3. The molecular formula is C23H33N3O4. The van der Waals surface area contributed by atoms with E-state index >= 15 is 0 Å². The molecule has 2 aliphatic heterocycles. The third-order valence-corrected chi connectivity index (χ3v) is 5.66. The first-order chi connectivity index (χ1) is 14.2. The molecule has 0 radical (unpaired) electrons. The van der Waals surface area contributed by atoms with Gasteiger partial charge < -0.3 is 19.9 Å². The van der Waals surface area contributed by atoms with Crippen LogP contribution < -0.4 is 10.2 Å². The van der Waals surface area contributed by atoms with Gasteiger partial charge in [-0.05, 0) is 57.7 Å². The third-order valence-electron chi connectivity index (χ3n) is 5.66. The van der Waals surface area contributed by atoms with Gasteiger partial charge in [0.05, 0.1) is 5.92 Å². The van der Waals surface area contributed by atoms with Gasteiger partial charge in [0.1, 0.15) is 5.60 Å². The van der Waals surface area contributed by atoms with Crippen molar-refractivity contribution in [2.45, 2.75) is 65.0 Å². The van der Waals surface area contributed by atoms with E-state index in [1.165, 1.54) is 5.56 Å². The van der Waals surface area contributed by atoms with Crippen molar-refractivity contribution >= 4 is 23.6 Å². The Kier molecular flexibility index (Phi) is 6.68. The van der Waals surface area contributed by atoms with Crippen molar-refractivity contribution in [3.8, 4) is 0 Å². The van der Waals surface area contributed by atoms with Crippen LogP contribution in [-0.2, 0) is 20.7 Å². The van der Waals surface area contributed by atoms with Gasteiger partial charge in [-0.2, -0.15) is 0 Å². The van der Waals surface area contributed by atoms with Gasteiger partial charge in [-0.15, -0.1) is 0 Å². The third kappa shape index (κ3) is 5.52. The summed E-state index contributed by atoms with van der Waals surface area (Å²) in [5.74, 6) is -0.274. The predicted molar refractivity (Wildman–Crippen MR) is 115 cm³/mol. The van der Waals surface area contributed by atoms with Crippen LogP contribution in [0.15, 0.2) is 24.3 Å². The number of amides is 3. The molecule has 1 aromatic carbocycles. The monoisotopic (exact) mass is 415 g/mol. The van der Waals surface area contributed by atoms with Crippen molar-refractivity contribution in [2.24, 2.45) is 5.92 Å². The molecule has 2 heterocycles. The van der Waals surface area contributed by atoms with Crippen LogP contribution in [0.25, 0.3) is 0 Å². The summed E-state index contributed by atoms with van der Waals surface area (Å²) in [6.07, 6.45) is 2.17. The molecule has 3 rings (SSSR count). The summed E-state index contributed by atoms with van der Waals surface area (Å²) in [5, 5.41) is 2.89. The van der Waals surface area contributed by atoms with Crippen LogP contribution in [0, 0.1) is 5.92 Å². The minimum atomic E-state index is -0.529. The van der Waals surface area contributed by atoms with Gasteiger partial charge in [-0.1, -0.05) is 19.1 Å². The maximum Gasteiger partial charge on any atom is 0.407 e. The SMILES string of the molecule is CCc1ccc(N2C[C@H](C(=O)N3CCC(NC(=O)OC(C)(C)C)CC3)CC2=O)cc1. The summed E-state index contributed by atoms with van der Waals surface area (Å²) in [6.45, 7) is 9.18. The Morgan fingerprint density at radius 2 is 1.77 bits per heavy atom. The van der Waals surface area contributed by atoms with Crippen LogP contribution in [0.3, 0.4) is 0 Å². The van der Waals surface area contributed by atoms with E-state index in [-0.39, 0.29) is 30.2 Å². The highest BCUT2D eigenvalue weighted by Crippen LogP contribution is 2.27. The first-order valence-electron chi connectivity index (χ1n) is 10.8. The smallest absolute Gasteiger partial charge is 0.407 e. The molecule has 2 saturated heterocycles. The molecule has 0 aliphatic carbocycles. The number of benzene rings is 1. The molecule has 0 unspecified atom stereocenters. The molecule has 0 saturated carbocycles. The van der Waals surface area contributed by atoms with E-state index in [0.717, 1.165) is 12.1 Å². The molecular weight excluding hydrogens is 382 g/mol. The Bertz CT molecular complexity index is 777. The van der Waals surface area contributed by atoms with Crippen molar-refractivity contribution in [3.05, 3.63) is 29.8 Å². The number of carbonyl (C=O) groups is 3. The van der Waals surface area contributed by atoms with Gasteiger partial charge >= 0.3 is 6.09 Å².